The maximum Gasteiger partial charge on any atom is 0.268 e. The zero-order chi connectivity index (χ0) is 29.7. The van der Waals surface area contributed by atoms with Gasteiger partial charge in [-0.3, -0.25) is 40.2 Å². The monoisotopic (exact) mass is 645 g/mol. The first-order valence-electron chi connectivity index (χ1n) is 14.4. The van der Waals surface area contributed by atoms with Crippen molar-refractivity contribution in [1.82, 2.24) is 26.6 Å². The van der Waals surface area contributed by atoms with Gasteiger partial charge in [0.05, 0.1) is 15.7 Å². The van der Waals surface area contributed by atoms with Crippen molar-refractivity contribution in [2.24, 2.45) is 23.7 Å². The van der Waals surface area contributed by atoms with Gasteiger partial charge in [-0.1, -0.05) is 12.8 Å². The summed E-state index contributed by atoms with van der Waals surface area (Å²) >= 11 is 0. The van der Waals surface area contributed by atoms with Crippen molar-refractivity contribution in [2.75, 3.05) is 0 Å². The van der Waals surface area contributed by atoms with Crippen LogP contribution < -0.4 is 26.6 Å². The molecule has 0 radical (unpaired) electrons. The van der Waals surface area contributed by atoms with E-state index < -0.39 is 71.0 Å². The number of aliphatic hydroxyl groups excluding tert-OH is 1. The summed E-state index contributed by atoms with van der Waals surface area (Å²) in [7, 11) is -13.0. The topological polar surface area (TPSA) is 243 Å². The maximum absolute atomic E-state index is 12.0. The molecule has 1 heterocycles. The van der Waals surface area contributed by atoms with Gasteiger partial charge >= 0.3 is 0 Å². The van der Waals surface area contributed by atoms with Gasteiger partial charge in [0.1, 0.15) is 12.6 Å². The molecule has 4 aliphatic carbocycles. The van der Waals surface area contributed by atoms with Crippen LogP contribution in [0.4, 0.5) is 0 Å². The van der Waals surface area contributed by atoms with Gasteiger partial charge < -0.3 is 5.11 Å². The Hall–Kier alpha value is -0.510. The molecular formula is C23H43N5O10S3. The van der Waals surface area contributed by atoms with Crippen LogP contribution in [0.1, 0.15) is 70.6 Å². The lowest BCUT2D eigenvalue weighted by Crippen LogP contribution is -2.76. The molecule has 5 rings (SSSR count). The molecule has 1 saturated heterocycles. The molecule has 12 atom stereocenters. The Morgan fingerprint density at radius 1 is 0.561 bits per heavy atom. The highest BCUT2D eigenvalue weighted by Gasteiger charge is 2.49. The summed E-state index contributed by atoms with van der Waals surface area (Å²) in [6.07, 6.45) is 3.49. The van der Waals surface area contributed by atoms with E-state index in [1.807, 2.05) is 0 Å². The van der Waals surface area contributed by atoms with Crippen LogP contribution in [0.15, 0.2) is 0 Å². The largest absolute Gasteiger partial charge is 0.365 e. The highest BCUT2D eigenvalue weighted by molar-refractivity contribution is 7.87. The third kappa shape index (κ3) is 7.59. The second-order valence-electron chi connectivity index (χ2n) is 12.6. The first-order valence-corrected chi connectivity index (χ1v) is 19.0. The molecule has 0 aromatic carbocycles. The number of fused-ring (bicyclic) bond motifs is 2. The van der Waals surface area contributed by atoms with Crippen molar-refractivity contribution in [1.29, 1.82) is 0 Å². The Morgan fingerprint density at radius 3 is 1.63 bits per heavy atom. The highest BCUT2D eigenvalue weighted by Crippen LogP contribution is 2.45. The molecular weight excluding hydrogens is 602 g/mol. The van der Waals surface area contributed by atoms with E-state index in [9.17, 15) is 44.0 Å². The minimum Gasteiger partial charge on any atom is -0.365 e. The standard InChI is InChI=1S/C23H43N5O10S3/c29-23-27-21(24-14-4-6-17-12(8-14)2-1-3-19(17)40(33,34)35)26-22(28-23)25-15-5-7-18-13(9-15)10-16(39(30,31)32)11-20(18)41(36,37)38/h12-29H,1-11H2,(H,30,31,32)(H,33,34,35)(H,36,37,38). The van der Waals surface area contributed by atoms with E-state index in [4.69, 9.17) is 0 Å². The number of hydrogen-bond donors (Lipinski definition) is 9. The number of rotatable bonds is 7. The van der Waals surface area contributed by atoms with Crippen LogP contribution in [0.5, 0.6) is 0 Å². The van der Waals surface area contributed by atoms with Crippen LogP contribution in [0.25, 0.3) is 0 Å². The summed E-state index contributed by atoms with van der Waals surface area (Å²) in [5, 5.41) is 23.3. The normalized spacial score (nSPS) is 44.5. The summed E-state index contributed by atoms with van der Waals surface area (Å²) in [6, 6.07) is -0.0795. The summed E-state index contributed by atoms with van der Waals surface area (Å²) < 4.78 is 101. The lowest BCUT2D eigenvalue weighted by molar-refractivity contribution is -0.00286. The molecule has 15 nitrogen and oxygen atoms in total. The Morgan fingerprint density at radius 2 is 1.10 bits per heavy atom. The molecule has 0 bridgehead atoms. The second kappa shape index (κ2) is 12.1. The molecule has 4 saturated carbocycles. The zero-order valence-electron chi connectivity index (χ0n) is 22.7. The third-order valence-electron chi connectivity index (χ3n) is 10.1. The van der Waals surface area contributed by atoms with Crippen LogP contribution in [0.3, 0.4) is 0 Å². The Labute approximate surface area is 241 Å². The van der Waals surface area contributed by atoms with Gasteiger partial charge in [-0.05, 0) is 81.5 Å². The Kier molecular flexibility index (Phi) is 9.43. The van der Waals surface area contributed by atoms with Crippen molar-refractivity contribution >= 4 is 30.4 Å². The zero-order valence-corrected chi connectivity index (χ0v) is 25.1. The number of aliphatic hydroxyl groups is 1. The predicted octanol–water partition coefficient (Wildman–Crippen LogP) is -0.892. The van der Waals surface area contributed by atoms with E-state index >= 15 is 0 Å². The van der Waals surface area contributed by atoms with E-state index in [2.05, 4.69) is 26.6 Å². The maximum atomic E-state index is 12.0. The van der Waals surface area contributed by atoms with Crippen molar-refractivity contribution in [3.05, 3.63) is 0 Å². The summed E-state index contributed by atoms with van der Waals surface area (Å²) in [5.41, 5.74) is 0. The predicted molar refractivity (Wildman–Crippen MR) is 148 cm³/mol. The minimum atomic E-state index is -4.49. The summed E-state index contributed by atoms with van der Waals surface area (Å²) in [6.45, 7) is 0. The molecule has 5 fully saturated rings. The average molecular weight is 646 g/mol. The van der Waals surface area contributed by atoms with Crippen molar-refractivity contribution < 1.29 is 44.0 Å². The van der Waals surface area contributed by atoms with Crippen LogP contribution in [-0.4, -0.2) is 90.8 Å². The molecule has 0 spiro atoms. The molecule has 41 heavy (non-hydrogen) atoms. The van der Waals surface area contributed by atoms with Gasteiger partial charge in [-0.2, -0.15) is 25.3 Å². The van der Waals surface area contributed by atoms with Crippen LogP contribution in [-0.2, 0) is 30.4 Å². The second-order valence-corrected chi connectivity index (χ2v) is 17.6. The lowest BCUT2D eigenvalue weighted by atomic mass is 9.69. The first-order chi connectivity index (χ1) is 19.1. The number of nitrogens with one attached hydrogen (secondary N) is 5. The van der Waals surface area contributed by atoms with Crippen LogP contribution >= 0.6 is 0 Å². The van der Waals surface area contributed by atoms with Gasteiger partial charge in [0.25, 0.3) is 30.4 Å². The summed E-state index contributed by atoms with van der Waals surface area (Å²) in [4.78, 5) is 0. The average Bonchev–Trinajstić information content (AvgIpc) is 2.85. The van der Waals surface area contributed by atoms with Crippen molar-refractivity contribution in [3.8, 4) is 0 Å². The van der Waals surface area contributed by atoms with E-state index in [0.717, 1.165) is 25.7 Å². The molecule has 0 amide bonds. The van der Waals surface area contributed by atoms with Crippen LogP contribution in [0, 0.1) is 23.7 Å². The van der Waals surface area contributed by atoms with Crippen molar-refractivity contribution in [3.63, 3.8) is 0 Å². The Bertz CT molecular complexity index is 1270. The van der Waals surface area contributed by atoms with Gasteiger partial charge in [-0.25, -0.2) is 0 Å². The van der Waals surface area contributed by atoms with E-state index in [0.29, 0.717) is 32.1 Å². The van der Waals surface area contributed by atoms with Gasteiger partial charge in [-0.15, -0.1) is 0 Å². The molecule has 1 aliphatic heterocycles. The lowest BCUT2D eigenvalue weighted by Gasteiger charge is -2.47. The molecule has 0 aromatic rings. The smallest absolute Gasteiger partial charge is 0.268 e. The van der Waals surface area contributed by atoms with Gasteiger partial charge in [0.15, 0.2) is 6.35 Å². The van der Waals surface area contributed by atoms with E-state index in [1.165, 1.54) is 0 Å². The quantitative estimate of drug-likeness (QED) is 0.152. The SMILES string of the molecule is O=S(=O)(O)C1CC2CC(NC3NC(O)NC(NC4CCC5C(CCCC5S(=O)(=O)O)C4)N3)CCC2C(S(=O)(=O)O)C1. The van der Waals surface area contributed by atoms with Gasteiger partial charge in [0.2, 0.25) is 0 Å². The third-order valence-corrected chi connectivity index (χ3v) is 14.0. The van der Waals surface area contributed by atoms with Gasteiger partial charge in [0, 0.05) is 12.1 Å². The van der Waals surface area contributed by atoms with E-state index in [1.54, 1.807) is 0 Å². The molecule has 5 aliphatic rings. The molecule has 18 heteroatoms. The minimum absolute atomic E-state index is 0.0542. The molecule has 0 aromatic heterocycles. The van der Waals surface area contributed by atoms with Crippen LogP contribution in [0.2, 0.25) is 0 Å². The fourth-order valence-corrected chi connectivity index (χ4v) is 12.0. The molecule has 238 valence electrons. The highest BCUT2D eigenvalue weighted by atomic mass is 32.2. The summed E-state index contributed by atoms with van der Waals surface area (Å²) in [5.74, 6) is -0.621. The van der Waals surface area contributed by atoms with Crippen molar-refractivity contribution in [2.45, 2.75) is 117 Å². The molecule has 9 N–H and O–H groups in total. The molecule has 12 unspecified atom stereocenters. The van der Waals surface area contributed by atoms with E-state index in [-0.39, 0.29) is 42.7 Å². The first kappa shape index (κ1) is 31.9. The fourth-order valence-electron chi connectivity index (χ4n) is 8.37. The number of hydrogen-bond acceptors (Lipinski definition) is 12. The fraction of sp³-hybridized carbons (Fsp3) is 1.00. The Balaban J connectivity index is 1.17.